The highest BCUT2D eigenvalue weighted by atomic mass is 35.5. The van der Waals surface area contributed by atoms with E-state index in [0.29, 0.717) is 33.5 Å². The number of rotatable bonds is 7. The second-order valence-electron chi connectivity index (χ2n) is 6.27. The van der Waals surface area contributed by atoms with Crippen molar-refractivity contribution in [2.24, 2.45) is 0 Å². The van der Waals surface area contributed by atoms with Crippen LogP contribution in [0, 0.1) is 0 Å². The molecule has 0 radical (unpaired) electrons. The summed E-state index contributed by atoms with van der Waals surface area (Å²) in [6.07, 6.45) is 1.55. The van der Waals surface area contributed by atoms with Crippen LogP contribution in [0.15, 0.2) is 41.3 Å². The molecule has 1 heterocycles. The van der Waals surface area contributed by atoms with Crippen molar-refractivity contribution in [2.45, 2.75) is 0 Å². The maximum atomic E-state index is 12.7. The van der Waals surface area contributed by atoms with Crippen molar-refractivity contribution >= 4 is 52.2 Å². The molecule has 0 saturated carbocycles. The number of amides is 3. The Bertz CT molecular complexity index is 1070. The van der Waals surface area contributed by atoms with Crippen molar-refractivity contribution in [3.05, 3.63) is 51.9 Å². The fraction of sp³-hybridized carbons (Fsp3) is 0.190. The number of anilines is 1. The van der Waals surface area contributed by atoms with E-state index in [1.807, 2.05) is 0 Å². The predicted octanol–water partition coefficient (Wildman–Crippen LogP) is 4.04. The molecule has 2 aromatic rings. The summed E-state index contributed by atoms with van der Waals surface area (Å²) in [7, 11) is 4.51. The number of imide groups is 1. The molecule has 0 atom stereocenters. The maximum absolute atomic E-state index is 12.7. The number of nitrogens with one attached hydrogen (secondary N) is 1. The summed E-state index contributed by atoms with van der Waals surface area (Å²) in [6, 6.07) is 9.82. The Labute approximate surface area is 188 Å². The van der Waals surface area contributed by atoms with Gasteiger partial charge in [-0.3, -0.25) is 19.3 Å². The molecule has 8 nitrogen and oxygen atoms in total. The van der Waals surface area contributed by atoms with E-state index in [9.17, 15) is 14.4 Å². The first-order valence-electron chi connectivity index (χ1n) is 8.97. The zero-order valence-corrected chi connectivity index (χ0v) is 18.5. The summed E-state index contributed by atoms with van der Waals surface area (Å²) in [5, 5.41) is 2.40. The van der Waals surface area contributed by atoms with Crippen LogP contribution in [-0.2, 0) is 9.59 Å². The van der Waals surface area contributed by atoms with Gasteiger partial charge in [-0.05, 0) is 48.2 Å². The van der Waals surface area contributed by atoms with Gasteiger partial charge in [0.1, 0.15) is 23.8 Å². The Morgan fingerprint density at radius 2 is 1.81 bits per heavy atom. The van der Waals surface area contributed by atoms with Gasteiger partial charge in [0.15, 0.2) is 0 Å². The van der Waals surface area contributed by atoms with Gasteiger partial charge in [-0.15, -0.1) is 0 Å². The van der Waals surface area contributed by atoms with E-state index in [4.69, 9.17) is 25.8 Å². The number of thioether (sulfide) groups is 1. The predicted molar refractivity (Wildman–Crippen MR) is 119 cm³/mol. The average Bonchev–Trinajstić information content (AvgIpc) is 3.01. The molecule has 0 spiro atoms. The van der Waals surface area contributed by atoms with E-state index >= 15 is 0 Å². The van der Waals surface area contributed by atoms with E-state index in [1.165, 1.54) is 27.4 Å². The number of methoxy groups -OCH3 is 3. The van der Waals surface area contributed by atoms with Gasteiger partial charge in [0.05, 0.1) is 31.3 Å². The van der Waals surface area contributed by atoms with Crippen LogP contribution in [0.5, 0.6) is 17.2 Å². The van der Waals surface area contributed by atoms with E-state index in [-0.39, 0.29) is 4.91 Å². The average molecular weight is 463 g/mol. The molecule has 162 valence electrons. The van der Waals surface area contributed by atoms with Crippen molar-refractivity contribution in [1.29, 1.82) is 0 Å². The van der Waals surface area contributed by atoms with Gasteiger partial charge < -0.3 is 19.5 Å². The van der Waals surface area contributed by atoms with Crippen LogP contribution in [0.1, 0.15) is 5.56 Å². The summed E-state index contributed by atoms with van der Waals surface area (Å²) < 4.78 is 15.5. The number of halogens is 1. The standard InChI is InChI=1S/C21H19ClN2O6S/c1-28-14-6-4-12(17(10-14)30-3)8-18-20(26)24(21(27)31-18)11-19(25)23-13-5-7-16(29-2)15(22)9-13/h4-10H,11H2,1-3H3,(H,23,25)/b18-8+. The van der Waals surface area contributed by atoms with Gasteiger partial charge in [-0.25, -0.2) is 0 Å². The summed E-state index contributed by atoms with van der Waals surface area (Å²) >= 11 is 6.80. The van der Waals surface area contributed by atoms with Crippen molar-refractivity contribution in [2.75, 3.05) is 33.2 Å². The number of nitrogens with zero attached hydrogens (tertiary/aromatic N) is 1. The highest BCUT2D eigenvalue weighted by Gasteiger charge is 2.36. The first kappa shape index (κ1) is 22.5. The Morgan fingerprint density at radius 3 is 2.45 bits per heavy atom. The van der Waals surface area contributed by atoms with Gasteiger partial charge in [0.2, 0.25) is 5.91 Å². The topological polar surface area (TPSA) is 94.2 Å². The van der Waals surface area contributed by atoms with Gasteiger partial charge >= 0.3 is 0 Å². The Balaban J connectivity index is 1.72. The minimum absolute atomic E-state index is 0.189. The van der Waals surface area contributed by atoms with Crippen molar-refractivity contribution in [3.63, 3.8) is 0 Å². The molecular formula is C21H19ClN2O6S. The molecule has 0 aromatic heterocycles. The van der Waals surface area contributed by atoms with E-state index in [0.717, 1.165) is 16.7 Å². The molecule has 3 amide bonds. The van der Waals surface area contributed by atoms with Gasteiger partial charge in [0.25, 0.3) is 11.1 Å². The van der Waals surface area contributed by atoms with Crippen LogP contribution < -0.4 is 19.5 Å². The monoisotopic (exact) mass is 462 g/mol. The molecule has 1 aliphatic rings. The molecule has 0 aliphatic carbocycles. The molecular weight excluding hydrogens is 444 g/mol. The maximum Gasteiger partial charge on any atom is 0.294 e. The SMILES string of the molecule is COc1ccc(/C=C2/SC(=O)N(CC(=O)Nc3ccc(OC)c(Cl)c3)C2=O)c(OC)c1. The van der Waals surface area contributed by atoms with Gasteiger partial charge in [-0.2, -0.15) is 0 Å². The molecule has 1 saturated heterocycles. The Hall–Kier alpha value is -3.17. The van der Waals surface area contributed by atoms with Crippen LogP contribution in [-0.4, -0.2) is 49.8 Å². The summed E-state index contributed by atoms with van der Waals surface area (Å²) in [5.41, 5.74) is 1.02. The second-order valence-corrected chi connectivity index (χ2v) is 7.67. The first-order chi connectivity index (χ1) is 14.9. The largest absolute Gasteiger partial charge is 0.497 e. The zero-order chi connectivity index (χ0) is 22.5. The Morgan fingerprint density at radius 1 is 1.06 bits per heavy atom. The third kappa shape index (κ3) is 5.12. The molecule has 10 heteroatoms. The Kier molecular flexibility index (Phi) is 7.09. The number of carbonyl (C=O) groups is 3. The fourth-order valence-electron chi connectivity index (χ4n) is 2.80. The van der Waals surface area contributed by atoms with Crippen molar-refractivity contribution < 1.29 is 28.6 Å². The molecule has 0 bridgehead atoms. The molecule has 3 rings (SSSR count). The van der Waals surface area contributed by atoms with Gasteiger partial charge in [-0.1, -0.05) is 11.6 Å². The lowest BCUT2D eigenvalue weighted by Gasteiger charge is -2.13. The molecule has 1 fully saturated rings. The van der Waals surface area contributed by atoms with Crippen molar-refractivity contribution in [3.8, 4) is 17.2 Å². The van der Waals surface area contributed by atoms with Crippen LogP contribution in [0.3, 0.4) is 0 Å². The molecule has 0 unspecified atom stereocenters. The van der Waals surface area contributed by atoms with E-state index < -0.39 is 23.6 Å². The highest BCUT2D eigenvalue weighted by Crippen LogP contribution is 2.35. The van der Waals surface area contributed by atoms with Gasteiger partial charge in [0, 0.05) is 17.3 Å². The first-order valence-corrected chi connectivity index (χ1v) is 10.2. The van der Waals surface area contributed by atoms with Crippen LogP contribution in [0.2, 0.25) is 5.02 Å². The van der Waals surface area contributed by atoms with Crippen molar-refractivity contribution in [1.82, 2.24) is 4.90 Å². The lowest BCUT2D eigenvalue weighted by Crippen LogP contribution is -2.36. The summed E-state index contributed by atoms with van der Waals surface area (Å²) in [6.45, 7) is -0.425. The number of hydrogen-bond donors (Lipinski definition) is 1. The fourth-order valence-corrected chi connectivity index (χ4v) is 3.89. The number of benzene rings is 2. The summed E-state index contributed by atoms with van der Waals surface area (Å²) in [5.74, 6) is 0.449. The number of ether oxygens (including phenoxy) is 3. The third-order valence-corrected chi connectivity index (χ3v) is 5.54. The third-order valence-electron chi connectivity index (χ3n) is 4.34. The molecule has 31 heavy (non-hydrogen) atoms. The quantitative estimate of drug-likeness (QED) is 0.620. The highest BCUT2D eigenvalue weighted by molar-refractivity contribution is 8.18. The normalized spacial score (nSPS) is 14.7. The number of carbonyl (C=O) groups excluding carboxylic acids is 3. The minimum Gasteiger partial charge on any atom is -0.497 e. The molecule has 2 aromatic carbocycles. The lowest BCUT2D eigenvalue weighted by atomic mass is 10.1. The van der Waals surface area contributed by atoms with Crippen LogP contribution >= 0.6 is 23.4 Å². The van der Waals surface area contributed by atoms with Crippen LogP contribution in [0.25, 0.3) is 6.08 Å². The minimum atomic E-state index is -0.559. The zero-order valence-electron chi connectivity index (χ0n) is 16.9. The summed E-state index contributed by atoms with van der Waals surface area (Å²) in [4.78, 5) is 38.5. The number of hydrogen-bond acceptors (Lipinski definition) is 7. The second kappa shape index (κ2) is 9.76. The van der Waals surface area contributed by atoms with E-state index in [1.54, 1.807) is 36.4 Å². The van der Waals surface area contributed by atoms with E-state index in [2.05, 4.69) is 5.32 Å². The molecule has 1 N–H and O–H groups in total. The molecule has 1 aliphatic heterocycles. The van der Waals surface area contributed by atoms with Crippen LogP contribution in [0.4, 0.5) is 10.5 Å². The lowest BCUT2D eigenvalue weighted by molar-refractivity contribution is -0.127. The smallest absolute Gasteiger partial charge is 0.294 e.